The molecular formula is C21H27NO6Si. The van der Waals surface area contributed by atoms with Gasteiger partial charge in [-0.1, -0.05) is 20.8 Å². The number of carbonyl (C=O) groups is 1. The zero-order valence-corrected chi connectivity index (χ0v) is 18.6. The molecule has 2 rings (SSSR count). The number of benzene rings is 2. The fourth-order valence-corrected chi connectivity index (χ4v) is 3.29. The number of nitro benzene ring substituents is 1. The van der Waals surface area contributed by atoms with Crippen molar-refractivity contribution in [1.82, 2.24) is 0 Å². The Kier molecular flexibility index (Phi) is 6.68. The van der Waals surface area contributed by atoms with Crippen LogP contribution >= 0.6 is 0 Å². The molecule has 8 heteroatoms. The van der Waals surface area contributed by atoms with Gasteiger partial charge in [-0.2, -0.15) is 0 Å². The molecule has 2 aromatic carbocycles. The Morgan fingerprint density at radius 2 is 1.72 bits per heavy atom. The summed E-state index contributed by atoms with van der Waals surface area (Å²) in [5.41, 5.74) is 0.924. The summed E-state index contributed by atoms with van der Waals surface area (Å²) in [7, 11) is -0.643. The predicted molar refractivity (Wildman–Crippen MR) is 113 cm³/mol. The minimum Gasteiger partial charge on any atom is -0.543 e. The first kappa shape index (κ1) is 22.4. The maximum atomic E-state index is 12.8. The minimum atomic E-state index is -2.17. The van der Waals surface area contributed by atoms with Crippen molar-refractivity contribution < 1.29 is 23.6 Å². The van der Waals surface area contributed by atoms with Crippen LogP contribution in [0.25, 0.3) is 0 Å². The van der Waals surface area contributed by atoms with Gasteiger partial charge in [0.2, 0.25) is 0 Å². The van der Waals surface area contributed by atoms with E-state index in [1.807, 2.05) is 0 Å². The standard InChI is InChI=1S/C21H27NO6Si/c1-21(2,3)29(5,6)28-19-12-11-17(26-4)13-18(19)20(23)27-14-15-7-9-16(10-8-15)22(24)25/h7-13H,14H2,1-6H3. The van der Waals surface area contributed by atoms with Gasteiger partial charge in [-0.15, -0.1) is 0 Å². The zero-order valence-electron chi connectivity index (χ0n) is 17.6. The van der Waals surface area contributed by atoms with E-state index in [1.165, 1.54) is 19.2 Å². The first-order valence-electron chi connectivity index (χ1n) is 9.22. The number of nitrogens with zero attached hydrogens (tertiary/aromatic N) is 1. The number of rotatable bonds is 7. The van der Waals surface area contributed by atoms with E-state index in [-0.39, 0.29) is 22.9 Å². The second kappa shape index (κ2) is 8.65. The van der Waals surface area contributed by atoms with Crippen molar-refractivity contribution in [2.75, 3.05) is 7.11 Å². The quantitative estimate of drug-likeness (QED) is 0.261. The highest BCUT2D eigenvalue weighted by molar-refractivity contribution is 6.74. The van der Waals surface area contributed by atoms with E-state index in [2.05, 4.69) is 33.9 Å². The molecule has 2 aromatic rings. The predicted octanol–water partition coefficient (Wildman–Crippen LogP) is 5.34. The van der Waals surface area contributed by atoms with E-state index in [9.17, 15) is 14.9 Å². The van der Waals surface area contributed by atoms with Crippen LogP contribution < -0.4 is 9.16 Å². The molecular weight excluding hydrogens is 390 g/mol. The Bertz CT molecular complexity index is 887. The molecule has 0 heterocycles. The van der Waals surface area contributed by atoms with E-state index < -0.39 is 19.2 Å². The molecule has 7 nitrogen and oxygen atoms in total. The van der Waals surface area contributed by atoms with Crippen LogP contribution in [0.3, 0.4) is 0 Å². The summed E-state index contributed by atoms with van der Waals surface area (Å²) < 4.78 is 17.0. The van der Waals surface area contributed by atoms with Crippen molar-refractivity contribution in [3.8, 4) is 11.5 Å². The van der Waals surface area contributed by atoms with Crippen molar-refractivity contribution in [2.24, 2.45) is 0 Å². The number of nitro groups is 1. The Morgan fingerprint density at radius 1 is 1.10 bits per heavy atom. The number of esters is 1. The van der Waals surface area contributed by atoms with Crippen LogP contribution in [0.4, 0.5) is 5.69 Å². The van der Waals surface area contributed by atoms with E-state index in [4.69, 9.17) is 13.9 Å². The lowest BCUT2D eigenvalue weighted by molar-refractivity contribution is -0.384. The summed E-state index contributed by atoms with van der Waals surface area (Å²) in [5, 5.41) is 10.7. The smallest absolute Gasteiger partial charge is 0.342 e. The molecule has 0 spiro atoms. The molecule has 0 N–H and O–H groups in total. The first-order valence-corrected chi connectivity index (χ1v) is 12.1. The van der Waals surface area contributed by atoms with Gasteiger partial charge in [0.25, 0.3) is 14.0 Å². The lowest BCUT2D eigenvalue weighted by Crippen LogP contribution is -2.44. The van der Waals surface area contributed by atoms with Gasteiger partial charge >= 0.3 is 5.97 Å². The van der Waals surface area contributed by atoms with E-state index >= 15 is 0 Å². The van der Waals surface area contributed by atoms with Crippen molar-refractivity contribution in [3.63, 3.8) is 0 Å². The third kappa shape index (κ3) is 5.57. The molecule has 0 aliphatic heterocycles. The van der Waals surface area contributed by atoms with Crippen molar-refractivity contribution in [2.45, 2.75) is 45.5 Å². The fraction of sp³-hybridized carbons (Fsp3) is 0.381. The topological polar surface area (TPSA) is 87.9 Å². The summed E-state index contributed by atoms with van der Waals surface area (Å²) in [6.45, 7) is 10.6. The highest BCUT2D eigenvalue weighted by Crippen LogP contribution is 2.39. The molecule has 0 unspecified atom stereocenters. The number of non-ortho nitro benzene ring substituents is 1. The normalized spacial score (nSPS) is 11.7. The number of carbonyl (C=O) groups excluding carboxylic acids is 1. The minimum absolute atomic E-state index is 0.00638. The van der Waals surface area contributed by atoms with E-state index in [1.54, 1.807) is 30.3 Å². The van der Waals surface area contributed by atoms with Crippen molar-refractivity contribution >= 4 is 20.0 Å². The van der Waals surface area contributed by atoms with Gasteiger partial charge in [0.05, 0.1) is 12.0 Å². The van der Waals surface area contributed by atoms with Gasteiger partial charge in [0.1, 0.15) is 23.7 Å². The van der Waals surface area contributed by atoms with Crippen LogP contribution in [0.5, 0.6) is 11.5 Å². The summed E-state index contributed by atoms with van der Waals surface area (Å²) in [6, 6.07) is 10.9. The monoisotopic (exact) mass is 417 g/mol. The average Bonchev–Trinajstić information content (AvgIpc) is 2.65. The maximum absolute atomic E-state index is 12.8. The molecule has 0 fully saturated rings. The lowest BCUT2D eigenvalue weighted by atomic mass is 10.2. The summed E-state index contributed by atoms with van der Waals surface area (Å²) >= 11 is 0. The second-order valence-corrected chi connectivity index (χ2v) is 12.9. The zero-order chi connectivity index (χ0) is 21.8. The molecule has 0 aliphatic carbocycles. The van der Waals surface area contributed by atoms with E-state index in [0.717, 1.165) is 0 Å². The largest absolute Gasteiger partial charge is 0.543 e. The Balaban J connectivity index is 2.22. The molecule has 0 saturated heterocycles. The number of methoxy groups -OCH3 is 1. The third-order valence-corrected chi connectivity index (χ3v) is 9.44. The number of ether oxygens (including phenoxy) is 2. The summed E-state index contributed by atoms with van der Waals surface area (Å²) in [4.78, 5) is 23.0. The molecule has 0 aliphatic rings. The Hall–Kier alpha value is -2.87. The van der Waals surface area contributed by atoms with Gasteiger partial charge in [-0.3, -0.25) is 10.1 Å². The van der Waals surface area contributed by atoms with Crippen LogP contribution in [-0.2, 0) is 11.3 Å². The van der Waals surface area contributed by atoms with Gasteiger partial charge < -0.3 is 13.9 Å². The molecule has 0 atom stereocenters. The molecule has 0 amide bonds. The highest BCUT2D eigenvalue weighted by atomic mass is 28.4. The summed E-state index contributed by atoms with van der Waals surface area (Å²) in [6.07, 6.45) is 0. The molecule has 29 heavy (non-hydrogen) atoms. The van der Waals surface area contributed by atoms with Crippen LogP contribution in [-0.4, -0.2) is 26.3 Å². The molecule has 0 radical (unpaired) electrons. The van der Waals surface area contributed by atoms with Gasteiger partial charge in [-0.25, -0.2) is 4.79 Å². The van der Waals surface area contributed by atoms with Crippen LogP contribution in [0.2, 0.25) is 18.1 Å². The Morgan fingerprint density at radius 3 is 2.24 bits per heavy atom. The Labute approximate surface area is 171 Å². The van der Waals surface area contributed by atoms with Gasteiger partial charge in [0.15, 0.2) is 0 Å². The molecule has 0 bridgehead atoms. The van der Waals surface area contributed by atoms with E-state index in [0.29, 0.717) is 17.1 Å². The number of hydrogen-bond acceptors (Lipinski definition) is 6. The molecule has 0 saturated carbocycles. The average molecular weight is 418 g/mol. The van der Waals surface area contributed by atoms with Crippen molar-refractivity contribution in [3.05, 3.63) is 63.7 Å². The highest BCUT2D eigenvalue weighted by Gasteiger charge is 2.39. The third-order valence-electron chi connectivity index (χ3n) is 5.10. The van der Waals surface area contributed by atoms with Gasteiger partial charge in [-0.05, 0) is 54.0 Å². The molecule has 0 aromatic heterocycles. The van der Waals surface area contributed by atoms with Crippen LogP contribution in [0, 0.1) is 10.1 Å². The fourth-order valence-electron chi connectivity index (χ4n) is 2.25. The number of hydrogen-bond donors (Lipinski definition) is 0. The lowest BCUT2D eigenvalue weighted by Gasteiger charge is -2.36. The summed E-state index contributed by atoms with van der Waals surface area (Å²) in [5.74, 6) is 0.442. The van der Waals surface area contributed by atoms with Gasteiger partial charge in [0, 0.05) is 12.1 Å². The maximum Gasteiger partial charge on any atom is 0.342 e. The van der Waals surface area contributed by atoms with Crippen molar-refractivity contribution in [1.29, 1.82) is 0 Å². The SMILES string of the molecule is COc1ccc(O[Si](C)(C)C(C)(C)C)c(C(=O)OCc2ccc([N+](=O)[O-])cc2)c1. The van der Waals surface area contributed by atoms with Crippen LogP contribution in [0.15, 0.2) is 42.5 Å². The molecule has 156 valence electrons. The van der Waals surface area contributed by atoms with Crippen LogP contribution in [0.1, 0.15) is 36.7 Å². The second-order valence-electron chi connectivity index (χ2n) is 8.22. The first-order chi connectivity index (χ1) is 13.4.